The molecule has 0 radical (unpaired) electrons. The van der Waals surface area contributed by atoms with Gasteiger partial charge in [-0.3, -0.25) is 0 Å². The van der Waals surface area contributed by atoms with Crippen LogP contribution in [0.25, 0.3) is 77.9 Å². The molecular weight excluding hydrogens is 649 g/mol. The average Bonchev–Trinajstić information content (AvgIpc) is 3.82. The summed E-state index contributed by atoms with van der Waals surface area (Å²) in [5, 5.41) is 2.02. The van der Waals surface area contributed by atoms with Crippen molar-refractivity contribution in [1.82, 2.24) is 4.98 Å². The molecule has 250 valence electrons. The van der Waals surface area contributed by atoms with Crippen LogP contribution in [-0.2, 0) is 0 Å². The highest BCUT2D eigenvalue weighted by molar-refractivity contribution is 6.10. The minimum Gasteiger partial charge on any atom is -0.456 e. The highest BCUT2D eigenvalue weighted by Crippen LogP contribution is 2.43. The SMILES string of the molecule is c1ccc(-c2ccc(-c3ccc(N(c4ccc5c(c4)oc4cc6nc(-c7ccccc7)oc6cc45)c4ccccc4-c4ccccc4)cc3)cc2)cc1. The van der Waals surface area contributed by atoms with Crippen molar-refractivity contribution in [2.45, 2.75) is 0 Å². The van der Waals surface area contributed by atoms with E-state index in [1.807, 2.05) is 48.5 Å². The summed E-state index contributed by atoms with van der Waals surface area (Å²) in [6.07, 6.45) is 0. The van der Waals surface area contributed by atoms with Crippen molar-refractivity contribution in [1.29, 1.82) is 0 Å². The molecule has 0 N–H and O–H groups in total. The molecule has 2 aromatic heterocycles. The molecule has 4 nitrogen and oxygen atoms in total. The van der Waals surface area contributed by atoms with E-state index >= 15 is 0 Å². The molecular formula is C49H32N2O2. The number of benzene rings is 8. The summed E-state index contributed by atoms with van der Waals surface area (Å²) in [6.45, 7) is 0. The molecule has 0 aliphatic heterocycles. The second-order valence-corrected chi connectivity index (χ2v) is 13.2. The lowest BCUT2D eigenvalue weighted by Crippen LogP contribution is -2.11. The lowest BCUT2D eigenvalue weighted by molar-refractivity contribution is 0.620. The summed E-state index contributed by atoms with van der Waals surface area (Å²) >= 11 is 0. The Labute approximate surface area is 306 Å². The van der Waals surface area contributed by atoms with E-state index in [0.29, 0.717) is 5.89 Å². The van der Waals surface area contributed by atoms with Crippen LogP contribution in [0.5, 0.6) is 0 Å². The van der Waals surface area contributed by atoms with Gasteiger partial charge in [0, 0.05) is 45.4 Å². The van der Waals surface area contributed by atoms with Gasteiger partial charge in [-0.15, -0.1) is 0 Å². The molecule has 8 aromatic carbocycles. The number of aromatic nitrogens is 1. The van der Waals surface area contributed by atoms with Gasteiger partial charge in [-0.1, -0.05) is 133 Å². The van der Waals surface area contributed by atoms with E-state index in [9.17, 15) is 0 Å². The predicted octanol–water partition coefficient (Wildman–Crippen LogP) is 13.9. The average molecular weight is 681 g/mol. The molecule has 0 aliphatic carbocycles. The minimum atomic E-state index is 0.600. The van der Waals surface area contributed by atoms with Crippen molar-refractivity contribution in [3.05, 3.63) is 194 Å². The number of fused-ring (bicyclic) bond motifs is 4. The van der Waals surface area contributed by atoms with Crippen molar-refractivity contribution < 1.29 is 8.83 Å². The van der Waals surface area contributed by atoms with Crippen molar-refractivity contribution in [3.8, 4) is 44.8 Å². The van der Waals surface area contributed by atoms with E-state index in [-0.39, 0.29) is 0 Å². The van der Waals surface area contributed by atoms with Crippen LogP contribution in [-0.4, -0.2) is 4.98 Å². The smallest absolute Gasteiger partial charge is 0.227 e. The van der Waals surface area contributed by atoms with Gasteiger partial charge in [0.2, 0.25) is 5.89 Å². The Bertz CT molecular complexity index is 2860. The van der Waals surface area contributed by atoms with Gasteiger partial charge >= 0.3 is 0 Å². The van der Waals surface area contributed by atoms with Gasteiger partial charge in [0.25, 0.3) is 0 Å². The molecule has 0 unspecified atom stereocenters. The van der Waals surface area contributed by atoms with Gasteiger partial charge in [0.15, 0.2) is 5.58 Å². The zero-order valence-corrected chi connectivity index (χ0v) is 28.7. The molecule has 0 fully saturated rings. The number of anilines is 3. The molecule has 0 spiro atoms. The summed E-state index contributed by atoms with van der Waals surface area (Å²) in [5.41, 5.74) is 14.2. The number of furan rings is 1. The fraction of sp³-hybridized carbons (Fsp3) is 0. The van der Waals surface area contributed by atoms with Crippen LogP contribution in [0.3, 0.4) is 0 Å². The van der Waals surface area contributed by atoms with Crippen LogP contribution < -0.4 is 4.90 Å². The fourth-order valence-electron chi connectivity index (χ4n) is 7.28. The maximum atomic E-state index is 6.56. The molecule has 53 heavy (non-hydrogen) atoms. The molecule has 10 rings (SSSR count). The zero-order valence-electron chi connectivity index (χ0n) is 28.7. The third-order valence-electron chi connectivity index (χ3n) is 9.92. The summed E-state index contributed by atoms with van der Waals surface area (Å²) < 4.78 is 12.8. The summed E-state index contributed by atoms with van der Waals surface area (Å²) in [5.74, 6) is 0.600. The van der Waals surface area contributed by atoms with Crippen LogP contribution in [0.4, 0.5) is 17.1 Å². The van der Waals surface area contributed by atoms with Crippen LogP contribution in [0, 0.1) is 0 Å². The van der Waals surface area contributed by atoms with Crippen molar-refractivity contribution in [2.75, 3.05) is 4.90 Å². The lowest BCUT2D eigenvalue weighted by atomic mass is 9.99. The minimum absolute atomic E-state index is 0.600. The quantitative estimate of drug-likeness (QED) is 0.168. The third kappa shape index (κ3) is 5.63. The van der Waals surface area contributed by atoms with Crippen molar-refractivity contribution in [3.63, 3.8) is 0 Å². The standard InChI is InChI=1S/C49H32N2O2/c1-4-12-33(13-5-1)34-20-22-35(23-21-34)36-24-26-39(27-25-36)51(45-19-11-10-18-41(45)37-14-6-2-7-15-37)40-28-29-42-43-31-48-44(32-47(43)52-46(42)30-40)50-49(53-48)38-16-8-3-9-17-38/h1-32H. The summed E-state index contributed by atoms with van der Waals surface area (Å²) in [7, 11) is 0. The molecule has 2 heterocycles. The van der Waals surface area contributed by atoms with Crippen LogP contribution >= 0.6 is 0 Å². The number of oxazole rings is 1. The van der Waals surface area contributed by atoms with E-state index in [0.717, 1.165) is 72.4 Å². The normalized spacial score (nSPS) is 11.4. The molecule has 0 bridgehead atoms. The number of nitrogens with zero attached hydrogens (tertiary/aromatic N) is 2. The monoisotopic (exact) mass is 680 g/mol. The fourth-order valence-corrected chi connectivity index (χ4v) is 7.28. The molecule has 0 saturated heterocycles. The first kappa shape index (κ1) is 30.6. The van der Waals surface area contributed by atoms with Crippen molar-refractivity contribution >= 4 is 50.1 Å². The van der Waals surface area contributed by atoms with E-state index < -0.39 is 0 Å². The number of rotatable bonds is 7. The molecule has 0 saturated carbocycles. The summed E-state index contributed by atoms with van der Waals surface area (Å²) in [6, 6.07) is 67.7. The summed E-state index contributed by atoms with van der Waals surface area (Å²) in [4.78, 5) is 7.10. The first-order valence-electron chi connectivity index (χ1n) is 17.8. The van der Waals surface area contributed by atoms with E-state index in [1.54, 1.807) is 0 Å². The molecule has 4 heteroatoms. The Hall–Kier alpha value is -7.17. The molecule has 0 aliphatic rings. The molecule has 0 amide bonds. The van der Waals surface area contributed by atoms with Crippen LogP contribution in [0.1, 0.15) is 0 Å². The second-order valence-electron chi connectivity index (χ2n) is 13.2. The van der Waals surface area contributed by atoms with Gasteiger partial charge in [-0.05, 0) is 76.3 Å². The highest BCUT2D eigenvalue weighted by Gasteiger charge is 2.20. The Morgan fingerprint density at radius 1 is 0.358 bits per heavy atom. The van der Waals surface area contributed by atoms with Gasteiger partial charge < -0.3 is 13.7 Å². The third-order valence-corrected chi connectivity index (χ3v) is 9.92. The Morgan fingerprint density at radius 3 is 1.57 bits per heavy atom. The molecule has 0 atom stereocenters. The van der Waals surface area contributed by atoms with Gasteiger partial charge in [0.05, 0.1) is 5.69 Å². The maximum Gasteiger partial charge on any atom is 0.227 e. The van der Waals surface area contributed by atoms with Gasteiger partial charge in [-0.25, -0.2) is 4.98 Å². The van der Waals surface area contributed by atoms with Crippen molar-refractivity contribution in [2.24, 2.45) is 0 Å². The highest BCUT2D eigenvalue weighted by atomic mass is 16.4. The van der Waals surface area contributed by atoms with Gasteiger partial charge in [-0.2, -0.15) is 0 Å². The zero-order chi connectivity index (χ0) is 35.1. The largest absolute Gasteiger partial charge is 0.456 e. The Morgan fingerprint density at radius 2 is 0.887 bits per heavy atom. The van der Waals surface area contributed by atoms with Gasteiger partial charge in [0.1, 0.15) is 16.7 Å². The predicted molar refractivity (Wildman–Crippen MR) is 218 cm³/mol. The lowest BCUT2D eigenvalue weighted by Gasteiger charge is -2.28. The van der Waals surface area contributed by atoms with Crippen LogP contribution in [0.2, 0.25) is 0 Å². The second kappa shape index (κ2) is 12.9. The maximum absolute atomic E-state index is 6.56. The van der Waals surface area contributed by atoms with E-state index in [1.165, 1.54) is 16.7 Å². The van der Waals surface area contributed by atoms with E-state index in [2.05, 4.69) is 150 Å². The Kier molecular flexibility index (Phi) is 7.43. The van der Waals surface area contributed by atoms with Crippen LogP contribution in [0.15, 0.2) is 203 Å². The first-order valence-corrected chi connectivity index (χ1v) is 17.8. The first-order chi connectivity index (χ1) is 26.2. The number of hydrogen-bond donors (Lipinski definition) is 0. The van der Waals surface area contributed by atoms with E-state index in [4.69, 9.17) is 13.8 Å². The Balaban J connectivity index is 1.06. The number of hydrogen-bond acceptors (Lipinski definition) is 4. The molecule has 10 aromatic rings. The number of para-hydroxylation sites is 1. The topological polar surface area (TPSA) is 42.4 Å².